The van der Waals surface area contributed by atoms with Crippen molar-refractivity contribution in [2.75, 3.05) is 54.1 Å². The number of esters is 1. The molecule has 0 aromatic carbocycles. The SMILES string of the molecule is CCCCCCCC/C=C\CCCCCCCCOCC(COP(=O)([O-])OCC[N+](C)(C)C)OC(=O)CCCCCCC. The van der Waals surface area contributed by atoms with Gasteiger partial charge in [-0.05, 0) is 38.5 Å². The summed E-state index contributed by atoms with van der Waals surface area (Å²) in [5.74, 6) is -0.349. The number of carbonyl (C=O) groups is 1. The van der Waals surface area contributed by atoms with Gasteiger partial charge >= 0.3 is 5.97 Å². The number of hydrogen-bond donors (Lipinski definition) is 0. The zero-order valence-corrected chi connectivity index (χ0v) is 29.6. The van der Waals surface area contributed by atoms with E-state index in [2.05, 4.69) is 26.0 Å². The summed E-state index contributed by atoms with van der Waals surface area (Å²) in [6.45, 7) is 5.30. The summed E-state index contributed by atoms with van der Waals surface area (Å²) >= 11 is 0. The maximum atomic E-state index is 12.4. The van der Waals surface area contributed by atoms with E-state index >= 15 is 0 Å². The molecule has 0 heterocycles. The lowest BCUT2D eigenvalue weighted by Crippen LogP contribution is -2.37. The average Bonchev–Trinajstić information content (AvgIpc) is 2.94. The molecule has 0 aliphatic rings. The van der Waals surface area contributed by atoms with Gasteiger partial charge in [0.05, 0.1) is 34.4 Å². The Labute approximate surface area is 265 Å². The largest absolute Gasteiger partial charge is 0.756 e. The van der Waals surface area contributed by atoms with E-state index in [1.54, 1.807) is 0 Å². The minimum absolute atomic E-state index is 0.0267. The van der Waals surface area contributed by atoms with Gasteiger partial charge in [-0.3, -0.25) is 9.36 Å². The van der Waals surface area contributed by atoms with Gasteiger partial charge in [-0.25, -0.2) is 0 Å². The van der Waals surface area contributed by atoms with Crippen LogP contribution in [0.15, 0.2) is 12.2 Å². The van der Waals surface area contributed by atoms with Crippen LogP contribution in [-0.4, -0.2) is 70.7 Å². The average molecular weight is 634 g/mol. The van der Waals surface area contributed by atoms with Crippen LogP contribution in [0.5, 0.6) is 0 Å². The van der Waals surface area contributed by atoms with E-state index in [0.717, 1.165) is 44.9 Å². The Morgan fingerprint density at radius 1 is 0.698 bits per heavy atom. The van der Waals surface area contributed by atoms with Crippen LogP contribution in [0, 0.1) is 0 Å². The number of hydrogen-bond acceptors (Lipinski definition) is 7. The van der Waals surface area contributed by atoms with E-state index < -0.39 is 13.9 Å². The number of allylic oxidation sites excluding steroid dienone is 2. The Kier molecular flexibility index (Phi) is 28.2. The van der Waals surface area contributed by atoms with E-state index in [1.165, 1.54) is 77.0 Å². The van der Waals surface area contributed by atoms with Crippen molar-refractivity contribution in [3.8, 4) is 0 Å². The molecule has 0 spiro atoms. The van der Waals surface area contributed by atoms with Gasteiger partial charge in [0, 0.05) is 13.0 Å². The van der Waals surface area contributed by atoms with Crippen molar-refractivity contribution in [1.29, 1.82) is 0 Å². The number of nitrogens with zero attached hydrogens (tertiary/aromatic N) is 1. The fourth-order valence-corrected chi connectivity index (χ4v) is 5.27. The molecule has 0 rings (SSSR count). The van der Waals surface area contributed by atoms with Crippen LogP contribution in [0.2, 0.25) is 0 Å². The fourth-order valence-electron chi connectivity index (χ4n) is 4.54. The molecule has 0 N–H and O–H groups in total. The predicted octanol–water partition coefficient (Wildman–Crippen LogP) is 8.52. The number of phosphoric acid groups is 1. The maximum absolute atomic E-state index is 12.4. The second-order valence-corrected chi connectivity index (χ2v) is 14.3. The van der Waals surface area contributed by atoms with Gasteiger partial charge in [0.25, 0.3) is 7.82 Å². The summed E-state index contributed by atoms with van der Waals surface area (Å²) in [7, 11) is 1.35. The maximum Gasteiger partial charge on any atom is 0.306 e. The van der Waals surface area contributed by atoms with Crippen LogP contribution in [0.4, 0.5) is 0 Å². The highest BCUT2D eigenvalue weighted by molar-refractivity contribution is 7.45. The Morgan fingerprint density at radius 2 is 1.21 bits per heavy atom. The van der Waals surface area contributed by atoms with Crippen molar-refractivity contribution < 1.29 is 37.3 Å². The summed E-state index contributed by atoms with van der Waals surface area (Å²) in [6, 6.07) is 0. The lowest BCUT2D eigenvalue weighted by atomic mass is 10.1. The van der Waals surface area contributed by atoms with Crippen LogP contribution < -0.4 is 4.89 Å². The molecule has 0 aliphatic heterocycles. The van der Waals surface area contributed by atoms with E-state index in [4.69, 9.17) is 18.5 Å². The number of phosphoric ester groups is 1. The topological polar surface area (TPSA) is 94.1 Å². The molecule has 0 bridgehead atoms. The highest BCUT2D eigenvalue weighted by Gasteiger charge is 2.20. The third-order valence-electron chi connectivity index (χ3n) is 7.32. The molecule has 0 amide bonds. The summed E-state index contributed by atoms with van der Waals surface area (Å²) < 4.78 is 34.1. The molecule has 2 atom stereocenters. The number of carbonyl (C=O) groups excluding carboxylic acids is 1. The molecule has 43 heavy (non-hydrogen) atoms. The first-order valence-corrected chi connectivity index (χ1v) is 18.9. The van der Waals surface area contributed by atoms with Crippen molar-refractivity contribution in [3.63, 3.8) is 0 Å². The van der Waals surface area contributed by atoms with Gasteiger partial charge < -0.3 is 27.9 Å². The minimum Gasteiger partial charge on any atom is -0.756 e. The molecule has 0 saturated heterocycles. The molecule has 0 saturated carbocycles. The van der Waals surface area contributed by atoms with E-state index in [-0.39, 0.29) is 25.8 Å². The fraction of sp³-hybridized carbons (Fsp3) is 0.912. The van der Waals surface area contributed by atoms with Crippen LogP contribution in [0.3, 0.4) is 0 Å². The zero-order valence-electron chi connectivity index (χ0n) is 28.7. The Balaban J connectivity index is 4.16. The lowest BCUT2D eigenvalue weighted by Gasteiger charge is -2.28. The zero-order chi connectivity index (χ0) is 32.1. The molecular weight excluding hydrogens is 565 g/mol. The third kappa shape index (κ3) is 32.4. The number of ether oxygens (including phenoxy) is 2. The number of rotatable bonds is 32. The summed E-state index contributed by atoms with van der Waals surface area (Å²) in [6.07, 6.45) is 26.8. The predicted molar refractivity (Wildman–Crippen MR) is 176 cm³/mol. The van der Waals surface area contributed by atoms with Crippen LogP contribution in [0.25, 0.3) is 0 Å². The highest BCUT2D eigenvalue weighted by atomic mass is 31.2. The molecule has 0 aromatic heterocycles. The molecule has 0 aliphatic carbocycles. The summed E-state index contributed by atoms with van der Waals surface area (Å²) in [5, 5.41) is 0. The highest BCUT2D eigenvalue weighted by Crippen LogP contribution is 2.38. The first-order chi connectivity index (χ1) is 20.6. The normalized spacial score (nSPS) is 14.3. The lowest BCUT2D eigenvalue weighted by molar-refractivity contribution is -0.870. The summed E-state index contributed by atoms with van der Waals surface area (Å²) in [5.41, 5.74) is 0. The second-order valence-electron chi connectivity index (χ2n) is 12.9. The van der Waals surface area contributed by atoms with Crippen molar-refractivity contribution in [3.05, 3.63) is 12.2 Å². The number of quaternary nitrogens is 1. The van der Waals surface area contributed by atoms with Gasteiger partial charge in [-0.2, -0.15) is 0 Å². The first kappa shape index (κ1) is 42.2. The molecule has 0 fully saturated rings. The molecule has 0 radical (unpaired) electrons. The molecule has 8 nitrogen and oxygen atoms in total. The molecule has 0 aromatic rings. The molecule has 2 unspecified atom stereocenters. The minimum atomic E-state index is -4.50. The molecular formula is C34H68NO7P. The van der Waals surface area contributed by atoms with Crippen molar-refractivity contribution in [2.24, 2.45) is 0 Å². The van der Waals surface area contributed by atoms with Crippen LogP contribution in [0.1, 0.15) is 142 Å². The Morgan fingerprint density at radius 3 is 1.77 bits per heavy atom. The van der Waals surface area contributed by atoms with E-state index in [1.807, 2.05) is 21.1 Å². The van der Waals surface area contributed by atoms with Gasteiger partial charge in [0.15, 0.2) is 0 Å². The monoisotopic (exact) mass is 633 g/mol. The Bertz CT molecular complexity index is 711. The van der Waals surface area contributed by atoms with Crippen LogP contribution in [-0.2, 0) is 27.9 Å². The smallest absolute Gasteiger partial charge is 0.306 e. The van der Waals surface area contributed by atoms with Gasteiger partial charge in [-0.15, -0.1) is 0 Å². The van der Waals surface area contributed by atoms with Gasteiger partial charge in [0.1, 0.15) is 19.3 Å². The van der Waals surface area contributed by atoms with Gasteiger partial charge in [0.2, 0.25) is 0 Å². The second kappa shape index (κ2) is 28.7. The number of likely N-dealkylation sites (N-methyl/N-ethyl adjacent to an activating group) is 1. The Hall–Kier alpha value is -0.760. The quantitative estimate of drug-likeness (QED) is 0.0241. The standard InChI is InChI=1S/C34H68NO7P/c1-6-8-10-12-13-14-15-16-17-18-19-20-21-22-24-26-29-39-31-33(42-34(36)27-25-23-11-9-7-2)32-41-43(37,38)40-30-28-35(3,4)5/h16-17,33H,6-15,18-32H2,1-5H3/b17-16-. The molecule has 9 heteroatoms. The van der Waals surface area contributed by atoms with Crippen molar-refractivity contribution in [2.45, 2.75) is 148 Å². The van der Waals surface area contributed by atoms with Crippen molar-refractivity contribution >= 4 is 13.8 Å². The first-order valence-electron chi connectivity index (χ1n) is 17.4. The van der Waals surface area contributed by atoms with Crippen molar-refractivity contribution in [1.82, 2.24) is 0 Å². The van der Waals surface area contributed by atoms with E-state index in [9.17, 15) is 14.3 Å². The number of unbranched alkanes of at least 4 members (excludes halogenated alkanes) is 16. The van der Waals surface area contributed by atoms with E-state index in [0.29, 0.717) is 24.1 Å². The molecule has 256 valence electrons. The summed E-state index contributed by atoms with van der Waals surface area (Å²) in [4.78, 5) is 24.6. The van der Waals surface area contributed by atoms with Crippen LogP contribution >= 0.6 is 7.82 Å². The third-order valence-corrected chi connectivity index (χ3v) is 8.28. The van der Waals surface area contributed by atoms with Gasteiger partial charge in [-0.1, -0.05) is 109 Å².